The van der Waals surface area contributed by atoms with Crippen molar-refractivity contribution in [3.8, 4) is 34.2 Å². The number of anilines is 3. The molecule has 0 spiro atoms. The topological polar surface area (TPSA) is 140 Å². The van der Waals surface area contributed by atoms with Crippen molar-refractivity contribution < 1.29 is 9.53 Å². The van der Waals surface area contributed by atoms with Crippen molar-refractivity contribution in [3.05, 3.63) is 69.9 Å². The van der Waals surface area contributed by atoms with E-state index in [1.54, 1.807) is 7.11 Å². The molecule has 1 amide bonds. The van der Waals surface area contributed by atoms with Crippen LogP contribution in [0.4, 0.5) is 16.6 Å². The SMILES string of the molecule is COc1ccc(-c2csc(NC(=O)c3sc4nc(N)c(C#N)c(-c5ccc(C)cc5)c4c3N)n2)cc1. The van der Waals surface area contributed by atoms with E-state index in [1.807, 2.05) is 60.8 Å². The number of hydrogen-bond donors (Lipinski definition) is 3. The number of rotatable bonds is 5. The van der Waals surface area contributed by atoms with Gasteiger partial charge < -0.3 is 16.2 Å². The molecule has 10 heteroatoms. The van der Waals surface area contributed by atoms with Gasteiger partial charge in [0, 0.05) is 21.9 Å². The first-order chi connectivity index (χ1) is 17.4. The van der Waals surface area contributed by atoms with Gasteiger partial charge in [0.15, 0.2) is 5.13 Å². The van der Waals surface area contributed by atoms with Crippen LogP contribution in [0.15, 0.2) is 53.9 Å². The lowest BCUT2D eigenvalue weighted by Gasteiger charge is -2.10. The zero-order valence-electron chi connectivity index (χ0n) is 19.3. The molecule has 5 rings (SSSR count). The summed E-state index contributed by atoms with van der Waals surface area (Å²) in [5.74, 6) is 0.442. The molecule has 0 fully saturated rings. The number of nitrogen functional groups attached to an aromatic ring is 2. The fourth-order valence-electron chi connectivity index (χ4n) is 3.84. The van der Waals surface area contributed by atoms with Gasteiger partial charge in [-0.1, -0.05) is 29.8 Å². The summed E-state index contributed by atoms with van der Waals surface area (Å²) in [6, 6.07) is 17.3. The first-order valence-electron chi connectivity index (χ1n) is 10.8. The number of aromatic nitrogens is 2. The predicted octanol–water partition coefficient (Wildman–Crippen LogP) is 5.69. The maximum Gasteiger partial charge on any atom is 0.269 e. The number of benzene rings is 2. The highest BCUT2D eigenvalue weighted by molar-refractivity contribution is 7.21. The van der Waals surface area contributed by atoms with Crippen LogP contribution >= 0.6 is 22.7 Å². The number of methoxy groups -OCH3 is 1. The van der Waals surface area contributed by atoms with Crippen LogP contribution in [0.5, 0.6) is 5.75 Å². The van der Waals surface area contributed by atoms with E-state index in [-0.39, 0.29) is 21.9 Å². The molecule has 3 aromatic heterocycles. The van der Waals surface area contributed by atoms with Crippen molar-refractivity contribution >= 4 is 55.4 Å². The van der Waals surface area contributed by atoms with Gasteiger partial charge in [-0.3, -0.25) is 10.1 Å². The first-order valence-corrected chi connectivity index (χ1v) is 12.5. The number of nitrogens with two attached hydrogens (primary N) is 2. The molecule has 0 saturated carbocycles. The van der Waals surface area contributed by atoms with Gasteiger partial charge in [-0.25, -0.2) is 9.97 Å². The van der Waals surface area contributed by atoms with Gasteiger partial charge in [-0.2, -0.15) is 5.26 Å². The number of thiophene rings is 1. The largest absolute Gasteiger partial charge is 0.497 e. The van der Waals surface area contributed by atoms with Crippen LogP contribution in [0, 0.1) is 18.3 Å². The van der Waals surface area contributed by atoms with Crippen LogP contribution in [-0.4, -0.2) is 23.0 Å². The second-order valence-electron chi connectivity index (χ2n) is 7.97. The summed E-state index contributed by atoms with van der Waals surface area (Å²) in [6.45, 7) is 1.98. The quantitative estimate of drug-likeness (QED) is 0.275. The Bertz CT molecular complexity index is 1650. The van der Waals surface area contributed by atoms with Crippen LogP contribution in [0.2, 0.25) is 0 Å². The number of nitrogens with one attached hydrogen (secondary N) is 1. The fourth-order valence-corrected chi connectivity index (χ4v) is 5.56. The second kappa shape index (κ2) is 9.30. The Hall–Kier alpha value is -4.46. The summed E-state index contributed by atoms with van der Waals surface area (Å²) < 4.78 is 5.20. The number of carbonyl (C=O) groups is 1. The van der Waals surface area contributed by atoms with Crippen molar-refractivity contribution in [2.75, 3.05) is 23.9 Å². The zero-order valence-corrected chi connectivity index (χ0v) is 21.0. The van der Waals surface area contributed by atoms with E-state index in [9.17, 15) is 10.1 Å². The number of pyridine rings is 1. The van der Waals surface area contributed by atoms with Crippen molar-refractivity contribution in [2.24, 2.45) is 0 Å². The fraction of sp³-hybridized carbons (Fsp3) is 0.0769. The summed E-state index contributed by atoms with van der Waals surface area (Å²) in [5, 5.41) is 15.5. The highest BCUT2D eigenvalue weighted by Gasteiger charge is 2.24. The van der Waals surface area contributed by atoms with Crippen molar-refractivity contribution in [2.45, 2.75) is 6.92 Å². The summed E-state index contributed by atoms with van der Waals surface area (Å²) in [4.78, 5) is 22.9. The molecule has 0 radical (unpaired) electrons. The molecule has 3 heterocycles. The molecule has 5 aromatic rings. The Morgan fingerprint density at radius 1 is 1.06 bits per heavy atom. The number of thiazole rings is 1. The summed E-state index contributed by atoms with van der Waals surface area (Å²) in [6.07, 6.45) is 0. The van der Waals surface area contributed by atoms with Gasteiger partial charge in [0.1, 0.15) is 32.9 Å². The predicted molar refractivity (Wildman–Crippen MR) is 145 cm³/mol. The monoisotopic (exact) mass is 512 g/mol. The molecule has 0 aliphatic rings. The Morgan fingerprint density at radius 2 is 1.75 bits per heavy atom. The Kier molecular flexibility index (Phi) is 6.01. The van der Waals surface area contributed by atoms with Crippen LogP contribution in [-0.2, 0) is 0 Å². The van der Waals surface area contributed by atoms with E-state index in [1.165, 1.54) is 11.3 Å². The first kappa shape index (κ1) is 23.3. The number of ether oxygens (including phenoxy) is 1. The van der Waals surface area contributed by atoms with Gasteiger partial charge in [-0.15, -0.1) is 22.7 Å². The summed E-state index contributed by atoms with van der Waals surface area (Å²) in [5.41, 5.74) is 17.1. The number of fused-ring (bicyclic) bond motifs is 1. The summed E-state index contributed by atoms with van der Waals surface area (Å²) >= 11 is 2.44. The molecule has 0 bridgehead atoms. The molecule has 8 nitrogen and oxygen atoms in total. The van der Waals surface area contributed by atoms with Crippen molar-refractivity contribution in [1.29, 1.82) is 5.26 Å². The Morgan fingerprint density at radius 3 is 2.42 bits per heavy atom. The molecule has 0 aliphatic heterocycles. The molecule has 36 heavy (non-hydrogen) atoms. The standard InChI is InChI=1S/C26H20N6O2S2/c1-13-3-5-15(6-4-13)19-17(11-27)23(29)31-25-20(19)21(28)22(36-25)24(33)32-26-30-18(12-35-26)14-7-9-16(34-2)10-8-14/h3-10,12H,28H2,1-2H3,(H2,29,31)(H,30,32,33). The average Bonchev–Trinajstić information content (AvgIpc) is 3.48. The van der Waals surface area contributed by atoms with E-state index >= 15 is 0 Å². The molecular weight excluding hydrogens is 492 g/mol. The maximum absolute atomic E-state index is 13.2. The van der Waals surface area contributed by atoms with Crippen LogP contribution in [0.25, 0.3) is 32.6 Å². The number of carbonyl (C=O) groups excluding carboxylic acids is 1. The third-order valence-electron chi connectivity index (χ3n) is 5.67. The summed E-state index contributed by atoms with van der Waals surface area (Å²) in [7, 11) is 1.61. The molecule has 0 unspecified atom stereocenters. The van der Waals surface area contributed by atoms with Gasteiger partial charge in [0.25, 0.3) is 5.91 Å². The smallest absolute Gasteiger partial charge is 0.269 e. The number of amides is 1. The maximum atomic E-state index is 13.2. The minimum atomic E-state index is -0.405. The number of nitrogens with zero attached hydrogens (tertiary/aromatic N) is 3. The van der Waals surface area contributed by atoms with Crippen LogP contribution in [0.1, 0.15) is 20.8 Å². The van der Waals surface area contributed by atoms with Gasteiger partial charge >= 0.3 is 0 Å². The minimum Gasteiger partial charge on any atom is -0.497 e. The zero-order chi connectivity index (χ0) is 25.4. The number of aryl methyl sites for hydroxylation is 1. The lowest BCUT2D eigenvalue weighted by Crippen LogP contribution is -2.11. The van der Waals surface area contributed by atoms with Gasteiger partial charge in [0.2, 0.25) is 0 Å². The third kappa shape index (κ3) is 4.11. The van der Waals surface area contributed by atoms with E-state index in [0.717, 1.165) is 39.5 Å². The van der Waals surface area contributed by atoms with Crippen molar-refractivity contribution in [3.63, 3.8) is 0 Å². The molecule has 178 valence electrons. The van der Waals surface area contributed by atoms with E-state index < -0.39 is 5.91 Å². The van der Waals surface area contributed by atoms with E-state index in [0.29, 0.717) is 20.9 Å². The molecule has 0 atom stereocenters. The normalized spacial score (nSPS) is 10.8. The average molecular weight is 513 g/mol. The molecular formula is C26H20N6O2S2. The van der Waals surface area contributed by atoms with Gasteiger partial charge in [-0.05, 0) is 36.8 Å². The van der Waals surface area contributed by atoms with Crippen LogP contribution < -0.4 is 21.5 Å². The highest BCUT2D eigenvalue weighted by atomic mass is 32.1. The molecule has 0 aliphatic carbocycles. The third-order valence-corrected chi connectivity index (χ3v) is 7.53. The van der Waals surface area contributed by atoms with Crippen LogP contribution in [0.3, 0.4) is 0 Å². The van der Waals surface area contributed by atoms with E-state index in [4.69, 9.17) is 16.2 Å². The van der Waals surface area contributed by atoms with Gasteiger partial charge in [0.05, 0.1) is 18.5 Å². The van der Waals surface area contributed by atoms with E-state index in [2.05, 4.69) is 21.4 Å². The number of nitriles is 1. The minimum absolute atomic E-state index is 0.0952. The molecule has 5 N–H and O–H groups in total. The Balaban J connectivity index is 1.52. The second-order valence-corrected chi connectivity index (χ2v) is 9.83. The lowest BCUT2D eigenvalue weighted by molar-refractivity contribution is 0.103. The molecule has 0 saturated heterocycles. The Labute approximate surface area is 214 Å². The molecule has 2 aromatic carbocycles. The highest BCUT2D eigenvalue weighted by Crippen LogP contribution is 2.43. The number of hydrogen-bond acceptors (Lipinski definition) is 9. The van der Waals surface area contributed by atoms with Crippen molar-refractivity contribution in [1.82, 2.24) is 9.97 Å². The lowest BCUT2D eigenvalue weighted by atomic mass is 9.96.